The van der Waals surface area contributed by atoms with E-state index in [-0.39, 0.29) is 17.9 Å². The van der Waals surface area contributed by atoms with Gasteiger partial charge in [0, 0.05) is 29.8 Å². The summed E-state index contributed by atoms with van der Waals surface area (Å²) in [5, 5.41) is 2.96. The van der Waals surface area contributed by atoms with Gasteiger partial charge in [-0.2, -0.15) is 0 Å². The second kappa shape index (κ2) is 5.37. The van der Waals surface area contributed by atoms with Gasteiger partial charge in [-0.15, -0.1) is 0 Å². The monoisotopic (exact) mass is 295 g/mol. The van der Waals surface area contributed by atoms with Crippen LogP contribution < -0.4 is 16.8 Å². The zero-order valence-electron chi connectivity index (χ0n) is 12.9. The lowest BCUT2D eigenvalue weighted by Gasteiger charge is -2.15. The van der Waals surface area contributed by atoms with Gasteiger partial charge in [0.1, 0.15) is 0 Å². The molecule has 3 rings (SSSR count). The van der Waals surface area contributed by atoms with Gasteiger partial charge in [0.25, 0.3) is 0 Å². The van der Waals surface area contributed by atoms with Crippen molar-refractivity contribution in [3.63, 3.8) is 0 Å². The van der Waals surface area contributed by atoms with Crippen molar-refractivity contribution in [2.75, 3.05) is 11.5 Å². The third-order valence-electron chi connectivity index (χ3n) is 4.03. The van der Waals surface area contributed by atoms with Crippen molar-refractivity contribution in [1.29, 1.82) is 0 Å². The molecule has 4 heteroatoms. The lowest BCUT2D eigenvalue weighted by atomic mass is 9.92. The third kappa shape index (κ3) is 2.52. The Kier molecular flexibility index (Phi) is 3.53. The Balaban J connectivity index is 2.04. The van der Waals surface area contributed by atoms with Crippen LogP contribution in [0.1, 0.15) is 37.3 Å². The van der Waals surface area contributed by atoms with Crippen LogP contribution in [0.15, 0.2) is 36.4 Å². The minimum absolute atomic E-state index is 0.00995. The highest BCUT2D eigenvalue weighted by molar-refractivity contribution is 5.86. The minimum atomic E-state index is 0.00995. The van der Waals surface area contributed by atoms with Gasteiger partial charge in [-0.1, -0.05) is 12.1 Å². The van der Waals surface area contributed by atoms with Gasteiger partial charge in [-0.3, -0.25) is 4.79 Å². The van der Waals surface area contributed by atoms with E-state index in [0.29, 0.717) is 17.8 Å². The molecular formula is C18H21N3O. The molecule has 2 aromatic rings. The van der Waals surface area contributed by atoms with Crippen LogP contribution in [-0.2, 0) is 4.79 Å². The molecule has 1 aliphatic carbocycles. The van der Waals surface area contributed by atoms with E-state index in [1.165, 1.54) is 0 Å². The summed E-state index contributed by atoms with van der Waals surface area (Å²) in [4.78, 5) is 12.2. The van der Waals surface area contributed by atoms with Crippen LogP contribution in [0.4, 0.5) is 11.4 Å². The maximum atomic E-state index is 12.2. The molecule has 0 saturated heterocycles. The van der Waals surface area contributed by atoms with E-state index in [0.717, 1.165) is 22.3 Å². The predicted molar refractivity (Wildman–Crippen MR) is 90.4 cm³/mol. The number of amides is 1. The molecule has 1 amide bonds. The average molecular weight is 295 g/mol. The third-order valence-corrected chi connectivity index (χ3v) is 4.03. The number of nitrogens with two attached hydrogens (primary N) is 2. The van der Waals surface area contributed by atoms with E-state index in [4.69, 9.17) is 11.5 Å². The minimum Gasteiger partial charge on any atom is -0.399 e. The Morgan fingerprint density at radius 2 is 1.55 bits per heavy atom. The molecule has 0 spiro atoms. The Morgan fingerprint density at radius 1 is 1.05 bits per heavy atom. The van der Waals surface area contributed by atoms with E-state index < -0.39 is 0 Å². The highest BCUT2D eigenvalue weighted by atomic mass is 16.1. The molecule has 5 N–H and O–H groups in total. The van der Waals surface area contributed by atoms with Crippen molar-refractivity contribution < 1.29 is 4.79 Å². The Labute approximate surface area is 130 Å². The molecule has 0 bridgehead atoms. The highest BCUT2D eigenvalue weighted by Crippen LogP contribution is 2.47. The summed E-state index contributed by atoms with van der Waals surface area (Å²) in [7, 11) is 0. The molecule has 0 atom stereocenters. The number of carbonyl (C=O) groups is 1. The van der Waals surface area contributed by atoms with Crippen LogP contribution in [0.3, 0.4) is 0 Å². The van der Waals surface area contributed by atoms with E-state index in [2.05, 4.69) is 5.32 Å². The molecule has 0 radical (unpaired) electrons. The van der Waals surface area contributed by atoms with Crippen molar-refractivity contribution in [1.82, 2.24) is 5.32 Å². The molecule has 0 aliphatic heterocycles. The van der Waals surface area contributed by atoms with Crippen LogP contribution in [-0.4, -0.2) is 11.9 Å². The van der Waals surface area contributed by atoms with Crippen LogP contribution >= 0.6 is 0 Å². The van der Waals surface area contributed by atoms with Crippen molar-refractivity contribution in [2.45, 2.75) is 32.2 Å². The van der Waals surface area contributed by atoms with E-state index in [9.17, 15) is 4.79 Å². The van der Waals surface area contributed by atoms with Crippen LogP contribution in [0.2, 0.25) is 0 Å². The van der Waals surface area contributed by atoms with Gasteiger partial charge in [0.05, 0.1) is 0 Å². The number of nitrogens with one attached hydrogen (secondary N) is 1. The van der Waals surface area contributed by atoms with Crippen LogP contribution in [0.25, 0.3) is 11.1 Å². The molecule has 0 aromatic heterocycles. The number of hydrogen-bond acceptors (Lipinski definition) is 3. The standard InChI is InChI=1S/C18H21N3O/c1-10(2)21-18(22)9-17-15-7-11(19)3-5-13(15)14-6-4-12(20)8-16(14)17/h3-8,10,17H,9,19-20H2,1-2H3,(H,21,22). The van der Waals surface area contributed by atoms with Crippen molar-refractivity contribution in [3.8, 4) is 11.1 Å². The lowest BCUT2D eigenvalue weighted by molar-refractivity contribution is -0.121. The van der Waals surface area contributed by atoms with Crippen molar-refractivity contribution >= 4 is 17.3 Å². The predicted octanol–water partition coefficient (Wildman–Crippen LogP) is 2.88. The first-order valence-corrected chi connectivity index (χ1v) is 7.54. The fourth-order valence-electron chi connectivity index (χ4n) is 3.18. The van der Waals surface area contributed by atoms with Gasteiger partial charge in [0.15, 0.2) is 0 Å². The summed E-state index contributed by atoms with van der Waals surface area (Å²) < 4.78 is 0. The maximum Gasteiger partial charge on any atom is 0.221 e. The fraction of sp³-hybridized carbons (Fsp3) is 0.278. The summed E-state index contributed by atoms with van der Waals surface area (Å²) in [6.45, 7) is 3.93. The van der Waals surface area contributed by atoms with E-state index >= 15 is 0 Å². The van der Waals surface area contributed by atoms with Gasteiger partial charge >= 0.3 is 0 Å². The Hall–Kier alpha value is -2.49. The van der Waals surface area contributed by atoms with E-state index in [1.807, 2.05) is 50.2 Å². The summed E-state index contributed by atoms with van der Waals surface area (Å²) in [6, 6.07) is 11.9. The summed E-state index contributed by atoms with van der Waals surface area (Å²) >= 11 is 0. The molecule has 0 heterocycles. The second-order valence-electron chi connectivity index (χ2n) is 6.17. The van der Waals surface area contributed by atoms with E-state index in [1.54, 1.807) is 0 Å². The van der Waals surface area contributed by atoms with Crippen LogP contribution in [0.5, 0.6) is 0 Å². The zero-order chi connectivity index (χ0) is 15.9. The normalized spacial score (nSPS) is 13.0. The molecular weight excluding hydrogens is 274 g/mol. The SMILES string of the molecule is CC(C)NC(=O)CC1c2cc(N)ccc2-c2ccc(N)cc21. The quantitative estimate of drug-likeness (QED) is 0.762. The number of anilines is 2. The topological polar surface area (TPSA) is 81.1 Å². The number of benzene rings is 2. The molecule has 2 aromatic carbocycles. The molecule has 0 saturated carbocycles. The maximum absolute atomic E-state index is 12.2. The zero-order valence-corrected chi connectivity index (χ0v) is 12.9. The lowest BCUT2D eigenvalue weighted by Crippen LogP contribution is -2.31. The van der Waals surface area contributed by atoms with Gasteiger partial charge in [0.2, 0.25) is 5.91 Å². The molecule has 4 nitrogen and oxygen atoms in total. The number of rotatable bonds is 3. The van der Waals surface area contributed by atoms with Crippen molar-refractivity contribution in [3.05, 3.63) is 47.5 Å². The smallest absolute Gasteiger partial charge is 0.221 e. The Morgan fingerprint density at radius 3 is 2.00 bits per heavy atom. The highest BCUT2D eigenvalue weighted by Gasteiger charge is 2.30. The largest absolute Gasteiger partial charge is 0.399 e. The summed E-state index contributed by atoms with van der Waals surface area (Å²) in [5.74, 6) is 0.0550. The van der Waals surface area contributed by atoms with Gasteiger partial charge in [-0.05, 0) is 60.4 Å². The van der Waals surface area contributed by atoms with Crippen molar-refractivity contribution in [2.24, 2.45) is 0 Å². The molecule has 22 heavy (non-hydrogen) atoms. The molecule has 0 unspecified atom stereocenters. The molecule has 0 fully saturated rings. The van der Waals surface area contributed by atoms with Gasteiger partial charge in [-0.25, -0.2) is 0 Å². The first-order chi connectivity index (χ1) is 10.5. The van der Waals surface area contributed by atoms with Crippen LogP contribution in [0, 0.1) is 0 Å². The molecule has 114 valence electrons. The van der Waals surface area contributed by atoms with Gasteiger partial charge < -0.3 is 16.8 Å². The molecule has 1 aliphatic rings. The number of carbonyl (C=O) groups excluding carboxylic acids is 1. The fourth-order valence-corrected chi connectivity index (χ4v) is 3.18. The number of fused-ring (bicyclic) bond motifs is 3. The summed E-state index contributed by atoms with van der Waals surface area (Å²) in [5.41, 5.74) is 17.8. The first-order valence-electron chi connectivity index (χ1n) is 7.54. The Bertz CT molecular complexity index is 686. The average Bonchev–Trinajstić information content (AvgIpc) is 2.71. The second-order valence-corrected chi connectivity index (χ2v) is 6.17. The number of nitrogen functional groups attached to an aromatic ring is 2. The summed E-state index contributed by atoms with van der Waals surface area (Å²) in [6.07, 6.45) is 0.408. The number of hydrogen-bond donors (Lipinski definition) is 3. The first kappa shape index (κ1) is 14.4.